The van der Waals surface area contributed by atoms with E-state index in [4.69, 9.17) is 16.7 Å². The van der Waals surface area contributed by atoms with E-state index in [0.29, 0.717) is 10.9 Å². The maximum atomic E-state index is 10.8. The van der Waals surface area contributed by atoms with E-state index < -0.39 is 5.97 Å². The van der Waals surface area contributed by atoms with Crippen molar-refractivity contribution >= 4 is 23.3 Å². The summed E-state index contributed by atoms with van der Waals surface area (Å²) in [4.78, 5) is 13.3. The van der Waals surface area contributed by atoms with Crippen LogP contribution < -0.4 is 5.32 Å². The van der Waals surface area contributed by atoms with Gasteiger partial charge in [0.05, 0.1) is 16.3 Å². The first-order valence-electron chi connectivity index (χ1n) is 7.09. The lowest BCUT2D eigenvalue weighted by atomic mass is 9.97. The Kier molecular flexibility index (Phi) is 5.26. The molecule has 1 heterocycles. The van der Waals surface area contributed by atoms with Gasteiger partial charge in [0, 0.05) is 6.54 Å². The summed E-state index contributed by atoms with van der Waals surface area (Å²) in [5, 5.41) is 12.7. The summed E-state index contributed by atoms with van der Waals surface area (Å²) in [5.41, 5.74) is 1.03. The molecular formula is C15H21ClN2O2. The van der Waals surface area contributed by atoms with E-state index in [1.807, 2.05) is 0 Å². The molecule has 20 heavy (non-hydrogen) atoms. The third-order valence-electron chi connectivity index (χ3n) is 3.95. The molecule has 0 atom stereocenters. The van der Waals surface area contributed by atoms with Gasteiger partial charge < -0.3 is 15.3 Å². The lowest BCUT2D eigenvalue weighted by molar-refractivity contribution is 0.0697. The van der Waals surface area contributed by atoms with Crippen molar-refractivity contribution in [1.29, 1.82) is 0 Å². The molecule has 1 fully saturated rings. The molecule has 110 valence electrons. The average Bonchev–Trinajstić information content (AvgIpc) is 2.46. The van der Waals surface area contributed by atoms with E-state index in [9.17, 15) is 4.79 Å². The Labute approximate surface area is 124 Å². The van der Waals surface area contributed by atoms with Crippen LogP contribution >= 0.6 is 11.6 Å². The molecule has 1 aliphatic rings. The number of carbonyl (C=O) groups is 1. The number of hydrogen-bond donors (Lipinski definition) is 2. The SMILES string of the molecule is CCN1CCC(CNc2ccc(C(=O)O)cc2Cl)CC1. The van der Waals surface area contributed by atoms with Crippen molar-refractivity contribution in [2.75, 3.05) is 31.5 Å². The number of nitrogens with one attached hydrogen (secondary N) is 1. The summed E-state index contributed by atoms with van der Waals surface area (Å²) in [6.07, 6.45) is 2.40. The Morgan fingerprint density at radius 3 is 2.70 bits per heavy atom. The summed E-state index contributed by atoms with van der Waals surface area (Å²) in [6, 6.07) is 4.81. The minimum Gasteiger partial charge on any atom is -0.478 e. The molecule has 0 bridgehead atoms. The van der Waals surface area contributed by atoms with Crippen LogP contribution in [0.25, 0.3) is 0 Å². The minimum atomic E-state index is -0.953. The van der Waals surface area contributed by atoms with Crippen molar-refractivity contribution in [2.24, 2.45) is 5.92 Å². The van der Waals surface area contributed by atoms with Crippen LogP contribution in [0.3, 0.4) is 0 Å². The van der Waals surface area contributed by atoms with Crippen molar-refractivity contribution in [2.45, 2.75) is 19.8 Å². The zero-order valence-corrected chi connectivity index (χ0v) is 12.5. The molecule has 0 spiro atoms. The molecule has 0 amide bonds. The smallest absolute Gasteiger partial charge is 0.335 e. The van der Waals surface area contributed by atoms with Gasteiger partial charge in [-0.2, -0.15) is 0 Å². The fourth-order valence-corrected chi connectivity index (χ4v) is 2.80. The molecule has 1 aliphatic heterocycles. The second-order valence-corrected chi connectivity index (χ2v) is 5.67. The van der Waals surface area contributed by atoms with Gasteiger partial charge in [0.15, 0.2) is 0 Å². The number of rotatable bonds is 5. The molecule has 0 radical (unpaired) electrons. The van der Waals surface area contributed by atoms with Crippen molar-refractivity contribution in [3.05, 3.63) is 28.8 Å². The zero-order valence-electron chi connectivity index (χ0n) is 11.7. The fourth-order valence-electron chi connectivity index (χ4n) is 2.55. The third-order valence-corrected chi connectivity index (χ3v) is 4.26. The van der Waals surface area contributed by atoms with Crippen molar-refractivity contribution in [3.8, 4) is 0 Å². The number of nitrogens with zero attached hydrogens (tertiary/aromatic N) is 1. The first-order valence-corrected chi connectivity index (χ1v) is 7.47. The van der Waals surface area contributed by atoms with E-state index in [2.05, 4.69) is 17.1 Å². The van der Waals surface area contributed by atoms with Gasteiger partial charge in [-0.1, -0.05) is 18.5 Å². The van der Waals surface area contributed by atoms with Gasteiger partial charge in [-0.25, -0.2) is 4.79 Å². The molecule has 2 N–H and O–H groups in total. The maximum Gasteiger partial charge on any atom is 0.335 e. The standard InChI is InChI=1S/C15H21ClN2O2/c1-2-18-7-5-11(6-8-18)10-17-14-4-3-12(15(19)20)9-13(14)16/h3-4,9,11,17H,2,5-8,10H2,1H3,(H,19,20). The molecule has 5 heteroatoms. The summed E-state index contributed by atoms with van der Waals surface area (Å²) in [7, 11) is 0. The second-order valence-electron chi connectivity index (χ2n) is 5.26. The van der Waals surface area contributed by atoms with Gasteiger partial charge in [-0.3, -0.25) is 0 Å². The van der Waals surface area contributed by atoms with Crippen molar-refractivity contribution in [3.63, 3.8) is 0 Å². The highest BCUT2D eigenvalue weighted by Gasteiger charge is 2.18. The molecule has 0 saturated carbocycles. The van der Waals surface area contributed by atoms with Gasteiger partial charge >= 0.3 is 5.97 Å². The Hall–Kier alpha value is -1.26. The first kappa shape index (κ1) is 15.1. The highest BCUT2D eigenvalue weighted by molar-refractivity contribution is 6.33. The number of likely N-dealkylation sites (tertiary alicyclic amines) is 1. The number of carboxylic acid groups (broad SMARTS) is 1. The molecule has 1 saturated heterocycles. The zero-order chi connectivity index (χ0) is 14.5. The Morgan fingerprint density at radius 1 is 1.45 bits per heavy atom. The van der Waals surface area contributed by atoms with E-state index in [-0.39, 0.29) is 5.56 Å². The number of carboxylic acids is 1. The number of benzene rings is 1. The summed E-state index contributed by atoms with van der Waals surface area (Å²) in [6.45, 7) is 6.54. The molecule has 0 unspecified atom stereocenters. The number of anilines is 1. The first-order chi connectivity index (χ1) is 9.60. The summed E-state index contributed by atoms with van der Waals surface area (Å²) in [5.74, 6) is -0.293. The normalized spacial score (nSPS) is 17.1. The average molecular weight is 297 g/mol. The van der Waals surface area contributed by atoms with Gasteiger partial charge in [-0.15, -0.1) is 0 Å². The monoisotopic (exact) mass is 296 g/mol. The van der Waals surface area contributed by atoms with Crippen LogP contribution in [0, 0.1) is 5.92 Å². The van der Waals surface area contributed by atoms with Gasteiger partial charge in [0.1, 0.15) is 0 Å². The van der Waals surface area contributed by atoms with Gasteiger partial charge in [0.2, 0.25) is 0 Å². The Morgan fingerprint density at radius 2 is 2.15 bits per heavy atom. The van der Waals surface area contributed by atoms with Gasteiger partial charge in [-0.05, 0) is 56.6 Å². The van der Waals surface area contributed by atoms with E-state index in [0.717, 1.165) is 31.9 Å². The quantitative estimate of drug-likeness (QED) is 0.876. The van der Waals surface area contributed by atoms with E-state index in [1.165, 1.54) is 18.9 Å². The minimum absolute atomic E-state index is 0.219. The number of hydrogen-bond acceptors (Lipinski definition) is 3. The van der Waals surface area contributed by atoms with Crippen LogP contribution in [0.4, 0.5) is 5.69 Å². The highest BCUT2D eigenvalue weighted by Crippen LogP contribution is 2.25. The maximum absolute atomic E-state index is 10.8. The van der Waals surface area contributed by atoms with E-state index in [1.54, 1.807) is 12.1 Å². The van der Waals surface area contributed by atoms with Crippen LogP contribution in [-0.2, 0) is 0 Å². The number of aromatic carboxylic acids is 1. The molecular weight excluding hydrogens is 276 g/mol. The van der Waals surface area contributed by atoms with Crippen LogP contribution in [-0.4, -0.2) is 42.2 Å². The molecule has 1 aromatic rings. The van der Waals surface area contributed by atoms with Crippen LogP contribution in [0.15, 0.2) is 18.2 Å². The molecule has 2 rings (SSSR count). The summed E-state index contributed by atoms with van der Waals surface area (Å²) >= 11 is 6.10. The highest BCUT2D eigenvalue weighted by atomic mass is 35.5. The second kappa shape index (κ2) is 6.95. The van der Waals surface area contributed by atoms with Crippen LogP contribution in [0.2, 0.25) is 5.02 Å². The van der Waals surface area contributed by atoms with Crippen LogP contribution in [0.5, 0.6) is 0 Å². The molecule has 4 nitrogen and oxygen atoms in total. The number of halogens is 1. The molecule has 1 aromatic carbocycles. The lowest BCUT2D eigenvalue weighted by Crippen LogP contribution is -2.35. The molecule has 0 aromatic heterocycles. The largest absolute Gasteiger partial charge is 0.478 e. The predicted octanol–water partition coefficient (Wildman–Crippen LogP) is 3.18. The summed E-state index contributed by atoms with van der Waals surface area (Å²) < 4.78 is 0. The fraction of sp³-hybridized carbons (Fsp3) is 0.533. The predicted molar refractivity (Wildman–Crippen MR) is 81.7 cm³/mol. The third kappa shape index (κ3) is 3.87. The lowest BCUT2D eigenvalue weighted by Gasteiger charge is -2.31. The van der Waals surface area contributed by atoms with Crippen molar-refractivity contribution < 1.29 is 9.90 Å². The topological polar surface area (TPSA) is 52.6 Å². The van der Waals surface area contributed by atoms with Crippen LogP contribution in [0.1, 0.15) is 30.1 Å². The van der Waals surface area contributed by atoms with Gasteiger partial charge in [0.25, 0.3) is 0 Å². The Bertz CT molecular complexity index is 471. The molecule has 0 aliphatic carbocycles. The number of piperidine rings is 1. The Balaban J connectivity index is 1.87. The van der Waals surface area contributed by atoms with E-state index >= 15 is 0 Å². The van der Waals surface area contributed by atoms with Crippen molar-refractivity contribution in [1.82, 2.24) is 4.90 Å².